The zero-order valence-corrected chi connectivity index (χ0v) is 17.7. The Morgan fingerprint density at radius 2 is 1.81 bits per heavy atom. The Labute approximate surface area is 181 Å². The van der Waals surface area contributed by atoms with Gasteiger partial charge in [-0.15, -0.1) is 0 Å². The van der Waals surface area contributed by atoms with Gasteiger partial charge in [-0.25, -0.2) is 14.1 Å². The lowest BCUT2D eigenvalue weighted by molar-refractivity contribution is -0.139. The van der Waals surface area contributed by atoms with Gasteiger partial charge in [0.15, 0.2) is 6.61 Å². The molecule has 2 atom stereocenters. The molecule has 0 N–H and O–H groups in total. The smallest absolute Gasteiger partial charge is 0.260 e. The Morgan fingerprint density at radius 1 is 1.06 bits per heavy atom. The fraction of sp³-hybridized carbons (Fsp3) is 0.348. The molecule has 0 radical (unpaired) electrons. The second-order valence-electron chi connectivity index (χ2n) is 7.92. The van der Waals surface area contributed by atoms with Crippen LogP contribution in [0.3, 0.4) is 0 Å². The summed E-state index contributed by atoms with van der Waals surface area (Å²) in [5.74, 6) is 0.377. The predicted molar refractivity (Wildman–Crippen MR) is 114 cm³/mol. The van der Waals surface area contributed by atoms with Gasteiger partial charge < -0.3 is 9.64 Å². The van der Waals surface area contributed by atoms with E-state index >= 15 is 0 Å². The van der Waals surface area contributed by atoms with E-state index in [1.165, 1.54) is 18.5 Å². The number of hydrogen-bond donors (Lipinski definition) is 0. The largest absolute Gasteiger partial charge is 0.484 e. The van der Waals surface area contributed by atoms with Gasteiger partial charge in [0.2, 0.25) is 0 Å². The summed E-state index contributed by atoms with van der Waals surface area (Å²) in [5, 5.41) is 4.09. The quantitative estimate of drug-likeness (QED) is 0.610. The zero-order chi connectivity index (χ0) is 21.8. The first-order valence-corrected chi connectivity index (χ1v) is 10.4. The topological polar surface area (TPSA) is 63.5 Å². The van der Waals surface area contributed by atoms with Gasteiger partial charge in [-0.05, 0) is 55.8 Å². The molecule has 3 aromatic rings. The second kappa shape index (κ2) is 9.26. The third-order valence-corrected chi connectivity index (χ3v) is 5.62. The minimum atomic E-state index is -0.228. The van der Waals surface area contributed by atoms with E-state index in [1.807, 2.05) is 48.2 Å². The summed E-state index contributed by atoms with van der Waals surface area (Å²) < 4.78 is 20.5. The number of ether oxygens (including phenoxy) is 1. The molecular weight excluding hydrogens is 397 g/mol. The van der Waals surface area contributed by atoms with Gasteiger partial charge in [0.1, 0.15) is 24.2 Å². The van der Waals surface area contributed by atoms with Crippen LogP contribution in [0.2, 0.25) is 0 Å². The molecule has 162 valence electrons. The minimum Gasteiger partial charge on any atom is -0.484 e. The summed E-state index contributed by atoms with van der Waals surface area (Å²) in [5.41, 5.74) is 1.94. The van der Waals surface area contributed by atoms with Crippen LogP contribution in [-0.2, 0) is 11.3 Å². The molecule has 0 spiro atoms. The van der Waals surface area contributed by atoms with Gasteiger partial charge in [-0.1, -0.05) is 12.1 Å². The molecule has 1 aliphatic rings. The molecule has 1 saturated heterocycles. The van der Waals surface area contributed by atoms with Crippen LogP contribution in [0.5, 0.6) is 5.75 Å². The normalized spacial score (nSPS) is 19.4. The van der Waals surface area contributed by atoms with E-state index in [-0.39, 0.29) is 30.4 Å². The summed E-state index contributed by atoms with van der Waals surface area (Å²) >= 11 is 0. The van der Waals surface area contributed by atoms with Crippen LogP contribution in [0.25, 0.3) is 5.69 Å². The second-order valence-corrected chi connectivity index (χ2v) is 7.92. The van der Waals surface area contributed by atoms with Gasteiger partial charge in [0, 0.05) is 31.7 Å². The van der Waals surface area contributed by atoms with Crippen molar-refractivity contribution in [2.75, 3.05) is 19.7 Å². The lowest BCUT2D eigenvalue weighted by Crippen LogP contribution is -2.58. The van der Waals surface area contributed by atoms with Crippen LogP contribution in [0.4, 0.5) is 4.39 Å². The van der Waals surface area contributed by atoms with Crippen LogP contribution in [-0.4, -0.2) is 62.3 Å². The average Bonchev–Trinajstić information content (AvgIpc) is 3.31. The van der Waals surface area contributed by atoms with E-state index in [0.717, 1.165) is 24.3 Å². The molecule has 1 aliphatic heterocycles. The molecule has 4 rings (SSSR count). The predicted octanol–water partition coefficient (Wildman–Crippen LogP) is 2.91. The molecule has 8 heteroatoms. The Balaban J connectivity index is 1.30. The Morgan fingerprint density at radius 3 is 2.48 bits per heavy atom. The Kier molecular flexibility index (Phi) is 6.27. The van der Waals surface area contributed by atoms with Crippen molar-refractivity contribution < 1.29 is 13.9 Å². The van der Waals surface area contributed by atoms with Crippen molar-refractivity contribution in [1.82, 2.24) is 24.6 Å². The van der Waals surface area contributed by atoms with Crippen LogP contribution in [0.1, 0.15) is 19.4 Å². The number of aromatic nitrogens is 3. The molecule has 0 aliphatic carbocycles. The third-order valence-electron chi connectivity index (χ3n) is 5.62. The van der Waals surface area contributed by atoms with E-state index in [9.17, 15) is 9.18 Å². The summed E-state index contributed by atoms with van der Waals surface area (Å²) in [7, 11) is 0. The fourth-order valence-corrected chi connectivity index (χ4v) is 3.85. The lowest BCUT2D eigenvalue weighted by atomic mass is 10.1. The van der Waals surface area contributed by atoms with E-state index in [0.29, 0.717) is 12.3 Å². The number of hydrogen-bond acceptors (Lipinski definition) is 5. The van der Waals surface area contributed by atoms with Gasteiger partial charge in [0.25, 0.3) is 5.91 Å². The fourth-order valence-electron chi connectivity index (χ4n) is 3.85. The van der Waals surface area contributed by atoms with E-state index in [2.05, 4.69) is 21.9 Å². The summed E-state index contributed by atoms with van der Waals surface area (Å²) in [6.45, 7) is 6.29. The highest BCUT2D eigenvalue weighted by Gasteiger charge is 2.32. The van der Waals surface area contributed by atoms with Crippen molar-refractivity contribution in [3.05, 3.63) is 72.6 Å². The van der Waals surface area contributed by atoms with Crippen molar-refractivity contribution in [1.29, 1.82) is 0 Å². The first kappa shape index (κ1) is 21.0. The number of carbonyl (C=O) groups is 1. The minimum absolute atomic E-state index is 0.00229. The number of benzene rings is 2. The first-order valence-electron chi connectivity index (χ1n) is 10.4. The molecule has 7 nitrogen and oxygen atoms in total. The molecule has 2 heterocycles. The number of piperazine rings is 1. The van der Waals surface area contributed by atoms with E-state index in [4.69, 9.17) is 4.74 Å². The van der Waals surface area contributed by atoms with Crippen molar-refractivity contribution in [2.45, 2.75) is 32.5 Å². The van der Waals surface area contributed by atoms with Crippen molar-refractivity contribution in [2.24, 2.45) is 0 Å². The third kappa shape index (κ3) is 5.08. The number of halogens is 1. The highest BCUT2D eigenvalue weighted by atomic mass is 19.1. The maximum atomic E-state index is 13.1. The molecule has 1 aromatic heterocycles. The molecule has 31 heavy (non-hydrogen) atoms. The maximum Gasteiger partial charge on any atom is 0.260 e. The highest BCUT2D eigenvalue weighted by molar-refractivity contribution is 5.78. The van der Waals surface area contributed by atoms with E-state index < -0.39 is 0 Å². The number of nitrogens with zero attached hydrogens (tertiary/aromatic N) is 5. The first-order chi connectivity index (χ1) is 15.0. The average molecular weight is 423 g/mol. The summed E-state index contributed by atoms with van der Waals surface area (Å²) in [6.07, 6.45) is 3.10. The highest BCUT2D eigenvalue weighted by Crippen LogP contribution is 2.20. The zero-order valence-electron chi connectivity index (χ0n) is 17.7. The number of carbonyl (C=O) groups excluding carboxylic acids is 1. The van der Waals surface area contributed by atoms with Gasteiger partial charge >= 0.3 is 0 Å². The molecule has 1 amide bonds. The monoisotopic (exact) mass is 423 g/mol. The van der Waals surface area contributed by atoms with Crippen LogP contribution < -0.4 is 4.74 Å². The van der Waals surface area contributed by atoms with Crippen molar-refractivity contribution in [3.63, 3.8) is 0 Å². The molecule has 1 fully saturated rings. The summed E-state index contributed by atoms with van der Waals surface area (Å²) in [4.78, 5) is 20.9. The summed E-state index contributed by atoms with van der Waals surface area (Å²) in [6, 6.07) is 14.2. The van der Waals surface area contributed by atoms with Gasteiger partial charge in [-0.2, -0.15) is 5.10 Å². The van der Waals surface area contributed by atoms with Crippen LogP contribution in [0, 0.1) is 5.82 Å². The number of rotatable bonds is 6. The molecule has 0 saturated carbocycles. The van der Waals surface area contributed by atoms with E-state index in [1.54, 1.807) is 11.0 Å². The Hall–Kier alpha value is -3.26. The van der Waals surface area contributed by atoms with Gasteiger partial charge in [0.05, 0.1) is 5.69 Å². The Bertz CT molecular complexity index is 992. The van der Waals surface area contributed by atoms with Crippen molar-refractivity contribution in [3.8, 4) is 11.4 Å². The molecule has 0 bridgehead atoms. The molecule has 0 unspecified atom stereocenters. The maximum absolute atomic E-state index is 13.1. The molecule has 2 aromatic carbocycles. The van der Waals surface area contributed by atoms with Crippen molar-refractivity contribution >= 4 is 5.91 Å². The lowest BCUT2D eigenvalue weighted by Gasteiger charge is -2.44. The number of amides is 1. The van der Waals surface area contributed by atoms with Gasteiger partial charge in [-0.3, -0.25) is 9.69 Å². The molecular formula is C23H26FN5O2. The SMILES string of the molecule is C[C@@H]1CN(Cc2ccc(F)cc2)[C@@H](C)CN1C(=O)COc1ccc(-n2cncn2)cc1. The van der Waals surface area contributed by atoms with Crippen LogP contribution in [0.15, 0.2) is 61.2 Å². The standard InChI is InChI=1S/C23H26FN5O2/c1-17-12-28(18(2)11-27(17)13-19-3-5-20(24)6-4-19)23(30)14-31-22-9-7-21(8-10-22)29-16-25-15-26-29/h3-10,15-18H,11-14H2,1-2H3/t17-,18+/m0/s1. The van der Waals surface area contributed by atoms with Crippen LogP contribution >= 0.6 is 0 Å².